The van der Waals surface area contributed by atoms with E-state index < -0.39 is 43.5 Å². The van der Waals surface area contributed by atoms with E-state index >= 15 is 0 Å². The van der Waals surface area contributed by atoms with Gasteiger partial charge in [-0.2, -0.15) is 0 Å². The van der Waals surface area contributed by atoms with Crippen LogP contribution >= 0.6 is 0 Å². The van der Waals surface area contributed by atoms with Crippen molar-refractivity contribution in [3.8, 4) is 0 Å². The van der Waals surface area contributed by atoms with Crippen molar-refractivity contribution in [2.75, 3.05) is 19.7 Å². The monoisotopic (exact) mass is 239 g/mol. The number of hydrogen-bond acceptors (Lipinski definition) is 7. The van der Waals surface area contributed by atoms with E-state index in [1.54, 1.807) is 0 Å². The van der Waals surface area contributed by atoms with Crippen molar-refractivity contribution in [3.05, 3.63) is 0 Å². The molecule has 0 saturated heterocycles. The number of aliphatic hydroxyl groups excluding tert-OH is 5. The molecule has 0 aliphatic carbocycles. The zero-order valence-electron chi connectivity index (χ0n) is 8.52. The fourth-order valence-electron chi connectivity index (χ4n) is 1.01. The van der Waals surface area contributed by atoms with Gasteiger partial charge in [-0.1, -0.05) is 0 Å². The Hall–Kier alpha value is -0.770. The molecule has 8 heteroatoms. The molecule has 96 valence electrons. The molecular weight excluding hydrogens is 222 g/mol. The van der Waals surface area contributed by atoms with E-state index in [1.807, 2.05) is 0 Å². The molecule has 7 N–H and O–H groups in total. The van der Waals surface area contributed by atoms with Crippen molar-refractivity contribution in [1.29, 1.82) is 0 Å². The predicted octanol–water partition coefficient (Wildman–Crippen LogP) is -3.90. The molecule has 4 atom stereocenters. The number of aliphatic hydroxyl groups is 5. The second-order valence-corrected chi connectivity index (χ2v) is 3.32. The van der Waals surface area contributed by atoms with Crippen LogP contribution < -0.4 is 5.32 Å². The molecule has 0 saturated carbocycles. The third-order valence-electron chi connectivity index (χ3n) is 1.96. The molecule has 0 unspecified atom stereocenters. The summed E-state index contributed by atoms with van der Waals surface area (Å²) in [4.78, 5) is 10.1. The van der Waals surface area contributed by atoms with E-state index in [-0.39, 0.29) is 6.54 Å². The number of aliphatic carboxylic acids is 1. The number of hydrogen-bond donors (Lipinski definition) is 7. The van der Waals surface area contributed by atoms with Crippen LogP contribution in [0.15, 0.2) is 0 Å². The minimum atomic E-state index is -1.70. The maximum atomic E-state index is 10.1. The smallest absolute Gasteiger partial charge is 0.317 e. The van der Waals surface area contributed by atoms with Crippen LogP contribution in [0.25, 0.3) is 0 Å². The largest absolute Gasteiger partial charge is 0.480 e. The Morgan fingerprint density at radius 3 is 2.00 bits per heavy atom. The first-order chi connectivity index (χ1) is 7.40. The lowest BCUT2D eigenvalue weighted by atomic mass is 10.0. The van der Waals surface area contributed by atoms with E-state index in [9.17, 15) is 20.1 Å². The van der Waals surface area contributed by atoms with Crippen LogP contribution in [0, 0.1) is 0 Å². The lowest BCUT2D eigenvalue weighted by Crippen LogP contribution is -2.49. The SMILES string of the molecule is O=C(O)CNC[C@H](O)[C@@H](O)[C@H](O)[C@H](O)CO. The zero-order valence-corrected chi connectivity index (χ0v) is 8.52. The molecule has 0 bridgehead atoms. The van der Waals surface area contributed by atoms with Crippen molar-refractivity contribution in [1.82, 2.24) is 5.32 Å². The lowest BCUT2D eigenvalue weighted by Gasteiger charge is -2.25. The van der Waals surface area contributed by atoms with E-state index in [0.717, 1.165) is 0 Å². The summed E-state index contributed by atoms with van der Waals surface area (Å²) in [6.07, 6.45) is -6.39. The van der Waals surface area contributed by atoms with Crippen LogP contribution in [-0.4, -0.2) is 80.7 Å². The summed E-state index contributed by atoms with van der Waals surface area (Å²) in [5, 5.41) is 55.8. The van der Waals surface area contributed by atoms with Crippen molar-refractivity contribution in [2.45, 2.75) is 24.4 Å². The molecule has 0 aromatic carbocycles. The Morgan fingerprint density at radius 1 is 1.06 bits per heavy atom. The highest BCUT2D eigenvalue weighted by Crippen LogP contribution is 2.04. The van der Waals surface area contributed by atoms with Crippen molar-refractivity contribution >= 4 is 5.97 Å². The van der Waals surface area contributed by atoms with Crippen LogP contribution in [0.2, 0.25) is 0 Å². The van der Waals surface area contributed by atoms with Gasteiger partial charge in [0.1, 0.15) is 18.3 Å². The second kappa shape index (κ2) is 7.49. The Labute approximate surface area is 91.8 Å². The number of rotatable bonds is 8. The van der Waals surface area contributed by atoms with Crippen LogP contribution in [-0.2, 0) is 4.79 Å². The summed E-state index contributed by atoms with van der Waals surface area (Å²) in [5.41, 5.74) is 0. The van der Waals surface area contributed by atoms with Gasteiger partial charge >= 0.3 is 5.97 Å². The van der Waals surface area contributed by atoms with Crippen LogP contribution in [0.3, 0.4) is 0 Å². The van der Waals surface area contributed by atoms with Gasteiger partial charge in [0.2, 0.25) is 0 Å². The number of carboxylic acid groups (broad SMARTS) is 1. The summed E-state index contributed by atoms with van der Waals surface area (Å²) in [7, 11) is 0. The summed E-state index contributed by atoms with van der Waals surface area (Å²) >= 11 is 0. The average Bonchev–Trinajstić information content (AvgIpc) is 2.25. The first-order valence-electron chi connectivity index (χ1n) is 4.65. The summed E-state index contributed by atoms with van der Waals surface area (Å²) < 4.78 is 0. The molecule has 0 fully saturated rings. The highest BCUT2D eigenvalue weighted by molar-refractivity contribution is 5.68. The molecule has 0 spiro atoms. The first-order valence-corrected chi connectivity index (χ1v) is 4.65. The second-order valence-electron chi connectivity index (χ2n) is 3.32. The van der Waals surface area contributed by atoms with Crippen molar-refractivity contribution < 1.29 is 35.4 Å². The minimum Gasteiger partial charge on any atom is -0.480 e. The highest BCUT2D eigenvalue weighted by Gasteiger charge is 2.29. The van der Waals surface area contributed by atoms with Crippen molar-refractivity contribution in [2.24, 2.45) is 0 Å². The normalized spacial score (nSPS) is 18.8. The Kier molecular flexibility index (Phi) is 7.13. The summed E-state index contributed by atoms with van der Waals surface area (Å²) in [6, 6.07) is 0. The first kappa shape index (κ1) is 15.2. The topological polar surface area (TPSA) is 150 Å². The molecule has 0 radical (unpaired) electrons. The van der Waals surface area contributed by atoms with Crippen LogP contribution in [0.1, 0.15) is 0 Å². The fraction of sp³-hybridized carbons (Fsp3) is 0.875. The van der Waals surface area contributed by atoms with Gasteiger partial charge in [0.15, 0.2) is 0 Å². The summed E-state index contributed by atoms with van der Waals surface area (Å²) in [6.45, 7) is -1.42. The molecule has 0 heterocycles. The van der Waals surface area contributed by atoms with E-state index in [2.05, 4.69) is 5.32 Å². The van der Waals surface area contributed by atoms with Gasteiger partial charge < -0.3 is 36.0 Å². The van der Waals surface area contributed by atoms with Gasteiger partial charge in [0.25, 0.3) is 0 Å². The Bertz CT molecular complexity index is 213. The quantitative estimate of drug-likeness (QED) is 0.227. The van der Waals surface area contributed by atoms with Gasteiger partial charge in [0, 0.05) is 6.54 Å². The maximum Gasteiger partial charge on any atom is 0.317 e. The summed E-state index contributed by atoms with van der Waals surface area (Å²) in [5.74, 6) is -1.13. The van der Waals surface area contributed by atoms with Gasteiger partial charge in [-0.3, -0.25) is 4.79 Å². The fourth-order valence-corrected chi connectivity index (χ4v) is 1.01. The molecule has 8 nitrogen and oxygen atoms in total. The van der Waals surface area contributed by atoms with Crippen LogP contribution in [0.5, 0.6) is 0 Å². The van der Waals surface area contributed by atoms with Gasteiger partial charge in [-0.25, -0.2) is 0 Å². The van der Waals surface area contributed by atoms with E-state index in [4.69, 9.17) is 15.3 Å². The third kappa shape index (κ3) is 5.35. The number of carboxylic acids is 1. The molecule has 0 aromatic rings. The van der Waals surface area contributed by atoms with Gasteiger partial charge in [-0.15, -0.1) is 0 Å². The average molecular weight is 239 g/mol. The van der Waals surface area contributed by atoms with E-state index in [1.165, 1.54) is 0 Å². The minimum absolute atomic E-state index is 0.261. The number of carbonyl (C=O) groups is 1. The molecule has 0 aliphatic rings. The maximum absolute atomic E-state index is 10.1. The Morgan fingerprint density at radius 2 is 1.56 bits per heavy atom. The zero-order chi connectivity index (χ0) is 12.7. The molecular formula is C8H17NO7. The third-order valence-corrected chi connectivity index (χ3v) is 1.96. The van der Waals surface area contributed by atoms with Crippen molar-refractivity contribution in [3.63, 3.8) is 0 Å². The lowest BCUT2D eigenvalue weighted by molar-refractivity contribution is -0.136. The predicted molar refractivity (Wildman–Crippen MR) is 51.6 cm³/mol. The van der Waals surface area contributed by atoms with Crippen LogP contribution in [0.4, 0.5) is 0 Å². The molecule has 0 rings (SSSR count). The Balaban J connectivity index is 3.97. The van der Waals surface area contributed by atoms with Gasteiger partial charge in [-0.05, 0) is 0 Å². The van der Waals surface area contributed by atoms with E-state index in [0.29, 0.717) is 0 Å². The van der Waals surface area contributed by atoms with Gasteiger partial charge in [0.05, 0.1) is 19.3 Å². The molecule has 0 aromatic heterocycles. The standard InChI is InChI=1S/C8H17NO7/c10-3-5(12)8(16)7(15)4(11)1-9-2-6(13)14/h4-5,7-12,15-16H,1-3H2,(H,13,14)/t4-,5+,7+,8+/m0/s1. The highest BCUT2D eigenvalue weighted by atomic mass is 16.4. The molecule has 0 aliphatic heterocycles. The number of nitrogens with one attached hydrogen (secondary N) is 1. The molecule has 16 heavy (non-hydrogen) atoms. The molecule has 0 amide bonds.